The van der Waals surface area contributed by atoms with Crippen LogP contribution in [0.4, 0.5) is 0 Å². The number of aromatic hydroxyl groups is 1. The van der Waals surface area contributed by atoms with Gasteiger partial charge in [0.2, 0.25) is 5.88 Å². The second-order valence-electron chi connectivity index (χ2n) is 3.76. The Morgan fingerprint density at radius 3 is 2.61 bits per heavy atom. The van der Waals surface area contributed by atoms with Crippen LogP contribution in [0.3, 0.4) is 0 Å². The summed E-state index contributed by atoms with van der Waals surface area (Å²) in [6.45, 7) is 0.399. The molecule has 0 aliphatic carbocycles. The Balaban J connectivity index is 2.20. The first-order valence-electron chi connectivity index (χ1n) is 5.28. The number of rotatable bonds is 4. The lowest BCUT2D eigenvalue weighted by Crippen LogP contribution is -2.11. The van der Waals surface area contributed by atoms with Gasteiger partial charge in [-0.2, -0.15) is 0 Å². The van der Waals surface area contributed by atoms with Crippen molar-refractivity contribution in [3.63, 3.8) is 0 Å². The monoisotopic (exact) mass is 247 g/mol. The van der Waals surface area contributed by atoms with Crippen molar-refractivity contribution < 1.29 is 14.6 Å². The predicted molar refractivity (Wildman–Crippen MR) is 64.5 cm³/mol. The molecule has 0 aliphatic rings. The van der Waals surface area contributed by atoms with Crippen molar-refractivity contribution in [3.8, 4) is 11.6 Å². The second-order valence-corrected chi connectivity index (χ2v) is 3.76. The molecule has 1 heterocycles. The number of aromatic nitrogens is 2. The highest BCUT2D eigenvalue weighted by atomic mass is 16.5. The molecule has 0 saturated heterocycles. The summed E-state index contributed by atoms with van der Waals surface area (Å²) in [5.74, 6) is -0.217. The summed E-state index contributed by atoms with van der Waals surface area (Å²) in [4.78, 5) is 14.7. The molecule has 3 N–H and O–H groups in total. The van der Waals surface area contributed by atoms with Crippen molar-refractivity contribution in [1.29, 1.82) is 0 Å². The van der Waals surface area contributed by atoms with Crippen molar-refractivity contribution in [2.45, 2.75) is 6.54 Å². The number of hydrogen-bond donors (Lipinski definition) is 2. The van der Waals surface area contributed by atoms with Crippen molar-refractivity contribution in [1.82, 2.24) is 9.55 Å². The molecule has 1 aromatic heterocycles. The molecule has 0 radical (unpaired) electrons. The van der Waals surface area contributed by atoms with E-state index < -0.39 is 5.91 Å². The van der Waals surface area contributed by atoms with Gasteiger partial charge in [0.15, 0.2) is 5.69 Å². The Morgan fingerprint density at radius 1 is 1.44 bits per heavy atom. The van der Waals surface area contributed by atoms with Crippen LogP contribution in [0.25, 0.3) is 0 Å². The summed E-state index contributed by atoms with van der Waals surface area (Å²) in [6, 6.07) is 7.36. The SMILES string of the molecule is COc1ccc(Cn2cnc(C(N)=O)c2O)cc1. The topological polar surface area (TPSA) is 90.4 Å². The van der Waals surface area contributed by atoms with Gasteiger partial charge in [-0.15, -0.1) is 0 Å². The third kappa shape index (κ3) is 2.27. The van der Waals surface area contributed by atoms with Crippen LogP contribution in [0.15, 0.2) is 30.6 Å². The molecule has 2 rings (SSSR count). The highest BCUT2D eigenvalue weighted by molar-refractivity contribution is 5.92. The van der Waals surface area contributed by atoms with Crippen molar-refractivity contribution >= 4 is 5.91 Å². The van der Waals surface area contributed by atoms with Crippen LogP contribution in [0.2, 0.25) is 0 Å². The molecule has 6 nitrogen and oxygen atoms in total. The normalized spacial score (nSPS) is 10.3. The summed E-state index contributed by atoms with van der Waals surface area (Å²) in [6.07, 6.45) is 1.37. The molecular weight excluding hydrogens is 234 g/mol. The Hall–Kier alpha value is -2.50. The molecule has 1 aromatic carbocycles. The van der Waals surface area contributed by atoms with Gasteiger partial charge in [0.1, 0.15) is 5.75 Å². The van der Waals surface area contributed by atoms with Gasteiger partial charge in [-0.05, 0) is 17.7 Å². The summed E-state index contributed by atoms with van der Waals surface area (Å²) >= 11 is 0. The number of primary amides is 1. The summed E-state index contributed by atoms with van der Waals surface area (Å²) < 4.78 is 6.50. The molecule has 0 saturated carbocycles. The van der Waals surface area contributed by atoms with Crippen LogP contribution in [0.1, 0.15) is 16.1 Å². The predicted octanol–water partition coefficient (Wildman–Crippen LogP) is 0.744. The Bertz CT molecular complexity index is 560. The van der Waals surface area contributed by atoms with E-state index in [1.54, 1.807) is 7.11 Å². The quantitative estimate of drug-likeness (QED) is 0.833. The largest absolute Gasteiger partial charge is 0.497 e. The molecule has 94 valence electrons. The number of carbonyl (C=O) groups excluding carboxylic acids is 1. The zero-order chi connectivity index (χ0) is 13.1. The number of ether oxygens (including phenoxy) is 1. The third-order valence-electron chi connectivity index (χ3n) is 2.56. The number of imidazole rings is 1. The van der Waals surface area contributed by atoms with Crippen LogP contribution in [0.5, 0.6) is 11.6 Å². The fraction of sp³-hybridized carbons (Fsp3) is 0.167. The van der Waals surface area contributed by atoms with E-state index in [2.05, 4.69) is 4.98 Å². The van der Waals surface area contributed by atoms with E-state index in [0.29, 0.717) is 6.54 Å². The number of carbonyl (C=O) groups is 1. The standard InChI is InChI=1S/C12H13N3O3/c1-18-9-4-2-8(3-5-9)6-15-7-14-10(11(13)16)12(15)17/h2-5,7,17H,6H2,1H3,(H2,13,16). The highest BCUT2D eigenvalue weighted by Gasteiger charge is 2.14. The Morgan fingerprint density at radius 2 is 2.11 bits per heavy atom. The zero-order valence-corrected chi connectivity index (χ0v) is 9.83. The summed E-state index contributed by atoms with van der Waals surface area (Å²) in [7, 11) is 1.59. The minimum Gasteiger partial charge on any atom is -0.497 e. The first kappa shape index (κ1) is 12.0. The van der Waals surface area contributed by atoms with Crippen LogP contribution < -0.4 is 10.5 Å². The molecule has 2 aromatic rings. The Kier molecular flexibility index (Phi) is 3.18. The molecule has 0 aliphatic heterocycles. The molecule has 0 fully saturated rings. The van der Waals surface area contributed by atoms with E-state index in [9.17, 15) is 9.90 Å². The summed E-state index contributed by atoms with van der Waals surface area (Å²) in [5, 5.41) is 9.74. The Labute approximate surface area is 104 Å². The number of amides is 1. The van der Waals surface area contributed by atoms with Gasteiger partial charge in [-0.25, -0.2) is 4.98 Å². The number of benzene rings is 1. The lowest BCUT2D eigenvalue weighted by atomic mass is 10.2. The number of nitrogens with zero attached hydrogens (tertiary/aromatic N) is 2. The minimum atomic E-state index is -0.749. The molecule has 6 heteroatoms. The van der Waals surface area contributed by atoms with Gasteiger partial charge in [0.25, 0.3) is 5.91 Å². The maximum atomic E-state index is 10.9. The fourth-order valence-electron chi connectivity index (χ4n) is 1.59. The molecular formula is C12H13N3O3. The van der Waals surface area contributed by atoms with Gasteiger partial charge < -0.3 is 15.6 Å². The molecule has 18 heavy (non-hydrogen) atoms. The highest BCUT2D eigenvalue weighted by Crippen LogP contribution is 2.18. The molecule has 0 spiro atoms. The number of hydrogen-bond acceptors (Lipinski definition) is 4. The van der Waals surface area contributed by atoms with Crippen molar-refractivity contribution in [2.24, 2.45) is 5.73 Å². The molecule has 0 unspecified atom stereocenters. The number of nitrogens with two attached hydrogens (primary N) is 1. The van der Waals surface area contributed by atoms with Gasteiger partial charge in [0, 0.05) is 0 Å². The van der Waals surface area contributed by atoms with E-state index >= 15 is 0 Å². The van der Waals surface area contributed by atoms with Crippen LogP contribution >= 0.6 is 0 Å². The van der Waals surface area contributed by atoms with Gasteiger partial charge >= 0.3 is 0 Å². The zero-order valence-electron chi connectivity index (χ0n) is 9.83. The average Bonchev–Trinajstić information content (AvgIpc) is 2.72. The van der Waals surface area contributed by atoms with Gasteiger partial charge in [0.05, 0.1) is 20.0 Å². The fourth-order valence-corrected chi connectivity index (χ4v) is 1.59. The first-order chi connectivity index (χ1) is 8.61. The van der Waals surface area contributed by atoms with E-state index in [0.717, 1.165) is 11.3 Å². The van der Waals surface area contributed by atoms with Crippen molar-refractivity contribution in [2.75, 3.05) is 7.11 Å². The van der Waals surface area contributed by atoms with Crippen molar-refractivity contribution in [3.05, 3.63) is 41.9 Å². The molecule has 0 bridgehead atoms. The lowest BCUT2D eigenvalue weighted by molar-refractivity contribution is 0.0993. The first-order valence-corrected chi connectivity index (χ1v) is 5.28. The van der Waals surface area contributed by atoms with E-state index in [-0.39, 0.29) is 11.6 Å². The van der Waals surface area contributed by atoms with Gasteiger partial charge in [-0.3, -0.25) is 9.36 Å². The third-order valence-corrected chi connectivity index (χ3v) is 2.56. The van der Waals surface area contributed by atoms with E-state index in [1.807, 2.05) is 24.3 Å². The van der Waals surface area contributed by atoms with Crippen LogP contribution in [0, 0.1) is 0 Å². The minimum absolute atomic E-state index is 0.122. The lowest BCUT2D eigenvalue weighted by Gasteiger charge is -2.05. The maximum Gasteiger partial charge on any atom is 0.272 e. The second kappa shape index (κ2) is 4.79. The smallest absolute Gasteiger partial charge is 0.272 e. The number of methoxy groups -OCH3 is 1. The molecule has 1 amide bonds. The van der Waals surface area contributed by atoms with Crippen LogP contribution in [-0.2, 0) is 6.54 Å². The van der Waals surface area contributed by atoms with E-state index in [1.165, 1.54) is 10.9 Å². The van der Waals surface area contributed by atoms with Crippen LogP contribution in [-0.4, -0.2) is 27.7 Å². The molecule has 0 atom stereocenters. The van der Waals surface area contributed by atoms with E-state index in [4.69, 9.17) is 10.5 Å². The maximum absolute atomic E-state index is 10.9. The van der Waals surface area contributed by atoms with Gasteiger partial charge in [-0.1, -0.05) is 12.1 Å². The summed E-state index contributed by atoms with van der Waals surface area (Å²) in [5.41, 5.74) is 5.89. The average molecular weight is 247 g/mol.